The molecule has 0 aromatic heterocycles. The molecule has 2 atom stereocenters. The second kappa shape index (κ2) is 5.93. The van der Waals surface area contributed by atoms with E-state index >= 15 is 0 Å². The van der Waals surface area contributed by atoms with Crippen molar-refractivity contribution in [3.8, 4) is 0 Å². The summed E-state index contributed by atoms with van der Waals surface area (Å²) >= 11 is 0. The average molecular weight is 261 g/mol. The van der Waals surface area contributed by atoms with Crippen LogP contribution in [0.1, 0.15) is 24.0 Å². The highest BCUT2D eigenvalue weighted by Gasteiger charge is 2.17. The molecule has 100 valence electrons. The summed E-state index contributed by atoms with van der Waals surface area (Å²) in [6.07, 6.45) is 0.391. The van der Waals surface area contributed by atoms with Crippen LogP contribution >= 0.6 is 0 Å². The van der Waals surface area contributed by atoms with Crippen LogP contribution < -0.4 is 5.73 Å². The van der Waals surface area contributed by atoms with Crippen molar-refractivity contribution in [1.82, 2.24) is 0 Å². The number of rotatable bonds is 4. The van der Waals surface area contributed by atoms with E-state index in [0.29, 0.717) is 12.0 Å². The van der Waals surface area contributed by atoms with E-state index in [9.17, 15) is 8.78 Å². The number of hydrogen-bond donors (Lipinski definition) is 1. The van der Waals surface area contributed by atoms with Crippen molar-refractivity contribution in [3.05, 3.63) is 71.3 Å². The van der Waals surface area contributed by atoms with Gasteiger partial charge in [-0.1, -0.05) is 43.3 Å². The zero-order valence-corrected chi connectivity index (χ0v) is 10.8. The van der Waals surface area contributed by atoms with E-state index < -0.39 is 11.6 Å². The number of benzene rings is 2. The molecule has 2 rings (SSSR count). The van der Waals surface area contributed by atoms with E-state index in [1.54, 1.807) is 0 Å². The predicted molar refractivity (Wildman–Crippen MR) is 72.9 cm³/mol. The third-order valence-electron chi connectivity index (χ3n) is 3.44. The molecule has 0 amide bonds. The first-order chi connectivity index (χ1) is 9.08. The van der Waals surface area contributed by atoms with Crippen LogP contribution in [0.4, 0.5) is 8.78 Å². The Kier molecular flexibility index (Phi) is 4.27. The molecule has 1 nitrogen and oxygen atoms in total. The summed E-state index contributed by atoms with van der Waals surface area (Å²) < 4.78 is 26.4. The molecule has 3 heteroatoms. The van der Waals surface area contributed by atoms with Crippen molar-refractivity contribution in [3.63, 3.8) is 0 Å². The van der Waals surface area contributed by atoms with Gasteiger partial charge < -0.3 is 5.73 Å². The largest absolute Gasteiger partial charge is 0.327 e. The summed E-state index contributed by atoms with van der Waals surface area (Å²) in [7, 11) is 0. The molecule has 0 bridgehead atoms. The number of nitrogens with two attached hydrogens (primary N) is 1. The Balaban J connectivity index is 2.10. The monoisotopic (exact) mass is 261 g/mol. The average Bonchev–Trinajstić information content (AvgIpc) is 2.42. The molecule has 0 saturated heterocycles. The highest BCUT2D eigenvalue weighted by molar-refractivity contribution is 5.24. The highest BCUT2D eigenvalue weighted by Crippen LogP contribution is 2.21. The van der Waals surface area contributed by atoms with E-state index in [-0.39, 0.29) is 12.0 Å². The maximum Gasteiger partial charge on any atom is 0.129 e. The van der Waals surface area contributed by atoms with Crippen LogP contribution in [0.25, 0.3) is 0 Å². The Labute approximate surface area is 112 Å². The fourth-order valence-corrected chi connectivity index (χ4v) is 2.12. The lowest BCUT2D eigenvalue weighted by Gasteiger charge is -2.20. The molecule has 0 heterocycles. The van der Waals surface area contributed by atoms with Crippen LogP contribution in [0.2, 0.25) is 0 Å². The van der Waals surface area contributed by atoms with Gasteiger partial charge in [0, 0.05) is 12.1 Å². The smallest absolute Gasteiger partial charge is 0.129 e. The molecular formula is C16H17F2N. The van der Waals surface area contributed by atoms with E-state index in [1.807, 2.05) is 37.3 Å². The minimum absolute atomic E-state index is 0.116. The Morgan fingerprint density at radius 3 is 2.37 bits per heavy atom. The Morgan fingerprint density at radius 1 is 1.05 bits per heavy atom. The second-order valence-corrected chi connectivity index (χ2v) is 4.80. The fourth-order valence-electron chi connectivity index (χ4n) is 2.12. The van der Waals surface area contributed by atoms with E-state index in [1.165, 1.54) is 12.1 Å². The molecule has 0 fully saturated rings. The quantitative estimate of drug-likeness (QED) is 0.893. The first-order valence-electron chi connectivity index (χ1n) is 6.32. The summed E-state index contributed by atoms with van der Waals surface area (Å²) in [6, 6.07) is 13.3. The maximum atomic E-state index is 13.6. The molecule has 2 N–H and O–H groups in total. The zero-order valence-electron chi connectivity index (χ0n) is 10.8. The molecule has 0 radical (unpaired) electrons. The fraction of sp³-hybridized carbons (Fsp3) is 0.250. The minimum atomic E-state index is -0.564. The van der Waals surface area contributed by atoms with Crippen LogP contribution in [0.15, 0.2) is 48.5 Å². The lowest BCUT2D eigenvalue weighted by atomic mass is 9.89. The van der Waals surface area contributed by atoms with Crippen LogP contribution in [0.3, 0.4) is 0 Å². The molecule has 0 aliphatic heterocycles. The summed E-state index contributed by atoms with van der Waals surface area (Å²) in [5.74, 6) is -0.979. The van der Waals surface area contributed by atoms with Gasteiger partial charge in [-0.25, -0.2) is 8.78 Å². The van der Waals surface area contributed by atoms with Gasteiger partial charge in [0.05, 0.1) is 0 Å². The van der Waals surface area contributed by atoms with Gasteiger partial charge >= 0.3 is 0 Å². The summed E-state index contributed by atoms with van der Waals surface area (Å²) in [6.45, 7) is 2.02. The van der Waals surface area contributed by atoms with Gasteiger partial charge in [-0.05, 0) is 29.5 Å². The number of halogens is 2. The SMILES string of the molecule is CC(c1ccccc1)C(N)Cc1ccc(F)cc1F. The number of hydrogen-bond acceptors (Lipinski definition) is 1. The Morgan fingerprint density at radius 2 is 1.74 bits per heavy atom. The van der Waals surface area contributed by atoms with E-state index in [4.69, 9.17) is 5.73 Å². The minimum Gasteiger partial charge on any atom is -0.327 e. The molecular weight excluding hydrogens is 244 g/mol. The second-order valence-electron chi connectivity index (χ2n) is 4.80. The topological polar surface area (TPSA) is 26.0 Å². The molecule has 0 aliphatic rings. The zero-order chi connectivity index (χ0) is 13.8. The van der Waals surface area contributed by atoms with Crippen LogP contribution in [0.5, 0.6) is 0 Å². The summed E-state index contributed by atoms with van der Waals surface area (Å²) in [5.41, 5.74) is 7.71. The third-order valence-corrected chi connectivity index (χ3v) is 3.44. The summed E-state index contributed by atoms with van der Waals surface area (Å²) in [5, 5.41) is 0. The lowest BCUT2D eigenvalue weighted by molar-refractivity contribution is 0.530. The summed E-state index contributed by atoms with van der Waals surface area (Å²) in [4.78, 5) is 0. The molecule has 2 unspecified atom stereocenters. The van der Waals surface area contributed by atoms with Gasteiger partial charge in [0.25, 0.3) is 0 Å². The Hall–Kier alpha value is -1.74. The van der Waals surface area contributed by atoms with Crippen LogP contribution in [-0.4, -0.2) is 6.04 Å². The first-order valence-corrected chi connectivity index (χ1v) is 6.32. The molecule has 0 saturated carbocycles. The normalized spacial score (nSPS) is 14.1. The molecule has 2 aromatic carbocycles. The van der Waals surface area contributed by atoms with Crippen molar-refractivity contribution in [2.24, 2.45) is 5.73 Å². The standard InChI is InChI=1S/C16H17F2N/c1-11(12-5-3-2-4-6-12)16(19)9-13-7-8-14(17)10-15(13)18/h2-8,10-11,16H,9,19H2,1H3. The highest BCUT2D eigenvalue weighted by atomic mass is 19.1. The van der Waals surface area contributed by atoms with Crippen molar-refractivity contribution in [1.29, 1.82) is 0 Å². The molecule has 0 aliphatic carbocycles. The predicted octanol–water partition coefficient (Wildman–Crippen LogP) is 3.64. The van der Waals surface area contributed by atoms with Crippen molar-refractivity contribution < 1.29 is 8.78 Å². The Bertz CT molecular complexity index is 540. The van der Waals surface area contributed by atoms with Crippen molar-refractivity contribution in [2.45, 2.75) is 25.3 Å². The van der Waals surface area contributed by atoms with Crippen LogP contribution in [0, 0.1) is 11.6 Å². The van der Waals surface area contributed by atoms with Gasteiger partial charge in [-0.3, -0.25) is 0 Å². The maximum absolute atomic E-state index is 13.6. The lowest BCUT2D eigenvalue weighted by Crippen LogP contribution is -2.29. The molecule has 2 aromatic rings. The van der Waals surface area contributed by atoms with Gasteiger partial charge in [0.1, 0.15) is 11.6 Å². The van der Waals surface area contributed by atoms with Gasteiger partial charge in [0.2, 0.25) is 0 Å². The molecule has 0 spiro atoms. The van der Waals surface area contributed by atoms with Gasteiger partial charge in [0.15, 0.2) is 0 Å². The first kappa shape index (κ1) is 13.7. The van der Waals surface area contributed by atoms with Gasteiger partial charge in [-0.15, -0.1) is 0 Å². The van der Waals surface area contributed by atoms with E-state index in [0.717, 1.165) is 11.6 Å². The van der Waals surface area contributed by atoms with Crippen LogP contribution in [-0.2, 0) is 6.42 Å². The van der Waals surface area contributed by atoms with E-state index in [2.05, 4.69) is 0 Å². The third kappa shape index (κ3) is 3.38. The van der Waals surface area contributed by atoms with Crippen molar-refractivity contribution in [2.75, 3.05) is 0 Å². The molecule has 19 heavy (non-hydrogen) atoms. The van der Waals surface area contributed by atoms with Crippen molar-refractivity contribution >= 4 is 0 Å². The van der Waals surface area contributed by atoms with Gasteiger partial charge in [-0.2, -0.15) is 0 Å².